The van der Waals surface area contributed by atoms with Crippen molar-refractivity contribution in [2.45, 2.75) is 32.9 Å². The number of aryl methyl sites for hydroxylation is 1. The van der Waals surface area contributed by atoms with Gasteiger partial charge in [-0.25, -0.2) is 0 Å². The molecule has 2 aromatic heterocycles. The van der Waals surface area contributed by atoms with Gasteiger partial charge in [-0.2, -0.15) is 0 Å². The van der Waals surface area contributed by atoms with E-state index in [9.17, 15) is 5.11 Å². The maximum atomic E-state index is 13.1. The molecule has 3 aromatic rings. The van der Waals surface area contributed by atoms with E-state index in [4.69, 9.17) is 46.0 Å². The zero-order valence-electron chi connectivity index (χ0n) is 23.9. The van der Waals surface area contributed by atoms with E-state index < -0.39 is 15.3 Å². The molecule has 0 aliphatic rings. The number of hydrogen-bond acceptors (Lipinski definition) is 14. The van der Waals surface area contributed by atoms with Gasteiger partial charge >= 0.3 is 33.0 Å². The van der Waals surface area contributed by atoms with Crippen molar-refractivity contribution in [3.8, 4) is 5.75 Å². The van der Waals surface area contributed by atoms with Crippen molar-refractivity contribution in [1.29, 1.82) is 0 Å². The van der Waals surface area contributed by atoms with E-state index in [1.807, 2.05) is 60.9 Å². The van der Waals surface area contributed by atoms with Crippen molar-refractivity contribution in [2.24, 2.45) is 0 Å². The van der Waals surface area contributed by atoms with Gasteiger partial charge in [0.05, 0.1) is 15.3 Å². The molecule has 0 bridgehead atoms. The second kappa shape index (κ2) is 25.3. The standard InChI is InChI=1S/C25H32N4O.3NO3.2Ni/c1-20-16-21(18-28(2)14-10-23-8-4-6-12-26-23)25(30)22(17-20)19-29(3)15-11-24-9-5-7-13-27-24;3*2-1(3)4;;/h4-9,12-13,16-17,30H,10-11,14-15,18-19H2,1-3H3;;;;;/q;3*-1;2*+3/p-1. The van der Waals surface area contributed by atoms with Crippen LogP contribution in [0.3, 0.4) is 0 Å². The summed E-state index contributed by atoms with van der Waals surface area (Å²) in [5, 5.41) is 57.3. The topological polar surface area (TPSA) is 254 Å². The third kappa shape index (κ3) is 24.4. The molecule has 2 radical (unpaired) electrons. The third-order valence-corrected chi connectivity index (χ3v) is 5.22. The number of hydrogen-bond donors (Lipinski definition) is 0. The maximum Gasteiger partial charge on any atom is 3.00 e. The van der Waals surface area contributed by atoms with Crippen LogP contribution in [0.25, 0.3) is 0 Å². The van der Waals surface area contributed by atoms with E-state index in [0.29, 0.717) is 13.1 Å². The van der Waals surface area contributed by atoms with Gasteiger partial charge in [0.1, 0.15) is 0 Å². The third-order valence-electron chi connectivity index (χ3n) is 5.22. The quantitative estimate of drug-likeness (QED) is 0.167. The predicted octanol–water partition coefficient (Wildman–Crippen LogP) is 2.49. The molecule has 19 heteroatoms. The van der Waals surface area contributed by atoms with Gasteiger partial charge in [0.2, 0.25) is 0 Å². The molecule has 44 heavy (non-hydrogen) atoms. The minimum atomic E-state index is -1.75. The molecule has 0 saturated carbocycles. The summed E-state index contributed by atoms with van der Waals surface area (Å²) >= 11 is 0. The molecule has 0 amide bonds. The molecular weight excluding hydrogens is 676 g/mol. The molecule has 3 rings (SSSR count). The average Bonchev–Trinajstić information content (AvgIpc) is 2.89. The maximum absolute atomic E-state index is 13.1. The molecule has 0 spiro atoms. The summed E-state index contributed by atoms with van der Waals surface area (Å²) in [6, 6.07) is 16.0. The van der Waals surface area contributed by atoms with Crippen LogP contribution >= 0.6 is 0 Å². The first-order valence-corrected chi connectivity index (χ1v) is 12.1. The Balaban J connectivity index is -0.00000103. The summed E-state index contributed by atoms with van der Waals surface area (Å²) in [5.41, 5.74) is 5.02. The molecule has 244 valence electrons. The molecule has 0 aliphatic carbocycles. The number of nitrogens with zero attached hydrogens (tertiary/aromatic N) is 7. The molecular formula is C25H31N7Ni2O10+2. The van der Waals surface area contributed by atoms with Gasteiger partial charge in [0, 0.05) is 62.8 Å². The van der Waals surface area contributed by atoms with E-state index in [1.54, 1.807) is 0 Å². The summed E-state index contributed by atoms with van der Waals surface area (Å²) in [4.78, 5) is 37.9. The van der Waals surface area contributed by atoms with Gasteiger partial charge in [-0.3, -0.25) is 9.97 Å². The van der Waals surface area contributed by atoms with Crippen LogP contribution < -0.4 is 5.11 Å². The molecule has 0 atom stereocenters. The first-order valence-electron chi connectivity index (χ1n) is 12.1. The second-order valence-corrected chi connectivity index (χ2v) is 8.70. The fourth-order valence-electron chi connectivity index (χ4n) is 3.61. The zero-order chi connectivity index (χ0) is 32.1. The Bertz CT molecular complexity index is 1120. The monoisotopic (exact) mass is 705 g/mol. The molecule has 1 aromatic carbocycles. The molecule has 0 unspecified atom stereocenters. The number of likely N-dealkylation sites (N-methyl/N-ethyl adjacent to an activating group) is 2. The van der Waals surface area contributed by atoms with Crippen LogP contribution in [-0.2, 0) is 58.9 Å². The largest absolute Gasteiger partial charge is 3.00 e. The van der Waals surface area contributed by atoms with Crippen molar-refractivity contribution in [2.75, 3.05) is 27.2 Å². The number of pyridine rings is 2. The van der Waals surface area contributed by atoms with Crippen molar-refractivity contribution >= 4 is 0 Å². The first-order chi connectivity index (χ1) is 19.7. The second-order valence-electron chi connectivity index (χ2n) is 8.70. The summed E-state index contributed by atoms with van der Waals surface area (Å²) in [5.74, 6) is 0.162. The van der Waals surface area contributed by atoms with Crippen LogP contribution in [0.4, 0.5) is 0 Å². The minimum Gasteiger partial charge on any atom is -0.872 e. The Hall–Kier alpha value is -4.17. The molecule has 0 fully saturated rings. The predicted molar refractivity (Wildman–Crippen MR) is 150 cm³/mol. The molecule has 2 heterocycles. The van der Waals surface area contributed by atoms with Gasteiger partial charge in [0.25, 0.3) is 0 Å². The smallest absolute Gasteiger partial charge is 0.872 e. The Morgan fingerprint density at radius 1 is 0.659 bits per heavy atom. The first kappa shape index (κ1) is 44.3. The summed E-state index contributed by atoms with van der Waals surface area (Å²) < 4.78 is 0. The molecule has 0 aliphatic heterocycles. The Kier molecular flexibility index (Phi) is 25.5. The van der Waals surface area contributed by atoms with Crippen LogP contribution in [0.1, 0.15) is 28.1 Å². The fourth-order valence-corrected chi connectivity index (χ4v) is 3.61. The fraction of sp³-hybridized carbons (Fsp3) is 0.360. The summed E-state index contributed by atoms with van der Waals surface area (Å²) in [7, 11) is 4.12. The van der Waals surface area contributed by atoms with Gasteiger partial charge in [-0.05, 0) is 56.4 Å². The molecule has 0 saturated heterocycles. The van der Waals surface area contributed by atoms with Crippen LogP contribution in [0, 0.1) is 52.9 Å². The van der Waals surface area contributed by atoms with E-state index in [2.05, 4.69) is 40.8 Å². The van der Waals surface area contributed by atoms with Crippen LogP contribution in [0.5, 0.6) is 5.75 Å². The van der Waals surface area contributed by atoms with Gasteiger partial charge in [-0.15, -0.1) is 0 Å². The van der Waals surface area contributed by atoms with Crippen molar-refractivity contribution in [1.82, 2.24) is 19.8 Å². The molecule has 0 N–H and O–H groups in total. The van der Waals surface area contributed by atoms with E-state index in [0.717, 1.165) is 54.0 Å². The van der Waals surface area contributed by atoms with Crippen LogP contribution in [0.15, 0.2) is 60.9 Å². The van der Waals surface area contributed by atoms with Gasteiger partial charge in [0.15, 0.2) is 0 Å². The Morgan fingerprint density at radius 3 is 1.25 bits per heavy atom. The number of benzene rings is 1. The normalized spacial score (nSPS) is 9.39. The van der Waals surface area contributed by atoms with Crippen LogP contribution in [0.2, 0.25) is 0 Å². The van der Waals surface area contributed by atoms with E-state index in [1.165, 1.54) is 0 Å². The molecule has 17 nitrogen and oxygen atoms in total. The van der Waals surface area contributed by atoms with Gasteiger partial charge < -0.3 is 60.9 Å². The number of aromatic nitrogens is 2. The van der Waals surface area contributed by atoms with Crippen molar-refractivity contribution in [3.05, 3.63) is 135 Å². The average molecular weight is 707 g/mol. The van der Waals surface area contributed by atoms with E-state index in [-0.39, 0.29) is 38.7 Å². The Morgan fingerprint density at radius 2 is 0.977 bits per heavy atom. The number of rotatable bonds is 10. The van der Waals surface area contributed by atoms with Crippen LogP contribution in [-0.4, -0.2) is 62.2 Å². The zero-order valence-corrected chi connectivity index (χ0v) is 25.8. The van der Waals surface area contributed by atoms with Crippen molar-refractivity contribution in [3.63, 3.8) is 0 Å². The minimum absolute atomic E-state index is 0. The Labute approximate surface area is 273 Å². The SMILES string of the molecule is Cc1cc(CN(C)CCc2ccccn2)c([O-])c(CN(C)CCc2ccccn2)c1.O=[N+]([O-])[O-].O=[N+]([O-])[O-].O=[N+]([O-])[O-].[Ni+3].[Ni+3]. The summed E-state index contributed by atoms with van der Waals surface area (Å²) in [6.45, 7) is 5.09. The van der Waals surface area contributed by atoms with Gasteiger partial charge in [-0.1, -0.05) is 35.6 Å². The summed E-state index contributed by atoms with van der Waals surface area (Å²) in [6.07, 6.45) is 5.39. The van der Waals surface area contributed by atoms with E-state index >= 15 is 0 Å². The van der Waals surface area contributed by atoms with Crippen molar-refractivity contribution < 1.29 is 53.3 Å².